The topological polar surface area (TPSA) is 15.3 Å². The zero-order valence-corrected chi connectivity index (χ0v) is 12.9. The minimum atomic E-state index is 0.117. The summed E-state index contributed by atoms with van der Waals surface area (Å²) < 4.78 is 0. The third-order valence-electron chi connectivity index (χ3n) is 4.37. The Bertz CT molecular complexity index is 399. The second-order valence-corrected chi connectivity index (χ2v) is 6.65. The summed E-state index contributed by atoms with van der Waals surface area (Å²) in [6.07, 6.45) is 2.54. The van der Waals surface area contributed by atoms with Gasteiger partial charge in [-0.25, -0.2) is 0 Å². The maximum atomic E-state index is 3.71. The van der Waals surface area contributed by atoms with Crippen molar-refractivity contribution in [2.75, 3.05) is 19.6 Å². The molecule has 0 radical (unpaired) electrons. The Morgan fingerprint density at radius 3 is 2.47 bits per heavy atom. The molecule has 1 N–H and O–H groups in total. The monoisotopic (exact) mass is 260 g/mol. The molecule has 1 atom stereocenters. The number of rotatable bonds is 4. The Hall–Kier alpha value is -0.860. The fourth-order valence-electron chi connectivity index (χ4n) is 2.99. The fourth-order valence-corrected chi connectivity index (χ4v) is 2.99. The van der Waals surface area contributed by atoms with E-state index in [2.05, 4.69) is 68.2 Å². The lowest BCUT2D eigenvalue weighted by Crippen LogP contribution is -2.65. The van der Waals surface area contributed by atoms with Gasteiger partial charge in [0.2, 0.25) is 0 Å². The van der Waals surface area contributed by atoms with Crippen LogP contribution in [0.25, 0.3) is 0 Å². The average molecular weight is 260 g/mol. The second-order valence-electron chi connectivity index (χ2n) is 6.65. The van der Waals surface area contributed by atoms with Gasteiger partial charge in [0.1, 0.15) is 0 Å². The van der Waals surface area contributed by atoms with E-state index in [1.165, 1.54) is 24.9 Å². The summed E-state index contributed by atoms with van der Waals surface area (Å²) in [5.41, 5.74) is 1.75. The zero-order chi connectivity index (χ0) is 13.9. The molecule has 106 valence electrons. The quantitative estimate of drug-likeness (QED) is 0.893. The Balaban J connectivity index is 2.25. The maximum absolute atomic E-state index is 3.71. The van der Waals surface area contributed by atoms with Crippen LogP contribution in [-0.2, 0) is 5.54 Å². The summed E-state index contributed by atoms with van der Waals surface area (Å²) >= 11 is 0. The number of nitrogens with one attached hydrogen (secondary N) is 1. The first-order valence-corrected chi connectivity index (χ1v) is 7.53. The number of piperazine rings is 1. The fraction of sp³-hybridized carbons (Fsp3) is 0.647. The highest BCUT2D eigenvalue weighted by Gasteiger charge is 2.41. The van der Waals surface area contributed by atoms with Gasteiger partial charge < -0.3 is 5.32 Å². The van der Waals surface area contributed by atoms with Gasteiger partial charge >= 0.3 is 0 Å². The van der Waals surface area contributed by atoms with Gasteiger partial charge in [-0.05, 0) is 39.3 Å². The van der Waals surface area contributed by atoms with Crippen molar-refractivity contribution in [3.05, 3.63) is 35.9 Å². The molecular formula is C17H28N2. The molecule has 19 heavy (non-hydrogen) atoms. The second kappa shape index (κ2) is 5.64. The van der Waals surface area contributed by atoms with Crippen molar-refractivity contribution >= 4 is 0 Å². The van der Waals surface area contributed by atoms with Crippen LogP contribution in [0, 0.1) is 0 Å². The number of unbranched alkanes of at least 4 members (excludes halogenated alkanes) is 1. The van der Waals surface area contributed by atoms with Crippen molar-refractivity contribution in [1.29, 1.82) is 0 Å². The number of hydrogen-bond acceptors (Lipinski definition) is 2. The van der Waals surface area contributed by atoms with E-state index in [0.717, 1.165) is 13.1 Å². The van der Waals surface area contributed by atoms with E-state index >= 15 is 0 Å². The SMILES string of the molecule is CCCCN1CC(C)(C)NCC1(C)c1ccccc1. The van der Waals surface area contributed by atoms with Crippen molar-refractivity contribution in [3.8, 4) is 0 Å². The third kappa shape index (κ3) is 3.18. The summed E-state index contributed by atoms with van der Waals surface area (Å²) in [5, 5.41) is 3.71. The molecule has 1 saturated heterocycles. The molecule has 1 aliphatic rings. The molecule has 0 bridgehead atoms. The van der Waals surface area contributed by atoms with Crippen molar-refractivity contribution in [2.24, 2.45) is 0 Å². The average Bonchev–Trinajstić information content (AvgIpc) is 2.41. The van der Waals surface area contributed by atoms with Crippen LogP contribution < -0.4 is 5.32 Å². The van der Waals surface area contributed by atoms with Crippen molar-refractivity contribution in [2.45, 2.75) is 51.6 Å². The molecule has 0 aliphatic carbocycles. The highest BCUT2D eigenvalue weighted by molar-refractivity contribution is 5.26. The molecule has 1 unspecified atom stereocenters. The standard InChI is InChI=1S/C17H28N2/c1-5-6-12-19-14-16(2,3)18-13-17(19,4)15-10-8-7-9-11-15/h7-11,18H,5-6,12-14H2,1-4H3. The smallest absolute Gasteiger partial charge is 0.0558 e. The van der Waals surface area contributed by atoms with Gasteiger partial charge in [-0.2, -0.15) is 0 Å². The maximum Gasteiger partial charge on any atom is 0.0558 e. The Labute approximate surface area is 118 Å². The molecule has 2 nitrogen and oxygen atoms in total. The number of hydrogen-bond donors (Lipinski definition) is 1. The van der Waals surface area contributed by atoms with E-state index in [1.54, 1.807) is 0 Å². The van der Waals surface area contributed by atoms with Gasteiger partial charge in [-0.15, -0.1) is 0 Å². The molecule has 1 aromatic rings. The van der Waals surface area contributed by atoms with E-state index in [4.69, 9.17) is 0 Å². The number of benzene rings is 1. The van der Waals surface area contributed by atoms with Crippen LogP contribution in [-0.4, -0.2) is 30.1 Å². The molecule has 0 spiro atoms. The first-order chi connectivity index (χ1) is 8.98. The summed E-state index contributed by atoms with van der Waals surface area (Å²) in [6, 6.07) is 10.9. The predicted octanol–water partition coefficient (Wildman–Crippen LogP) is 3.39. The van der Waals surface area contributed by atoms with Crippen LogP contribution in [0.2, 0.25) is 0 Å². The molecule has 1 aliphatic heterocycles. The lowest BCUT2D eigenvalue weighted by Gasteiger charge is -2.51. The van der Waals surface area contributed by atoms with Crippen LogP contribution in [0.5, 0.6) is 0 Å². The summed E-state index contributed by atoms with van der Waals surface area (Å²) in [5.74, 6) is 0. The van der Waals surface area contributed by atoms with Gasteiger partial charge in [-0.1, -0.05) is 43.7 Å². The van der Waals surface area contributed by atoms with Crippen molar-refractivity contribution in [3.63, 3.8) is 0 Å². The highest BCUT2D eigenvalue weighted by atomic mass is 15.3. The Morgan fingerprint density at radius 2 is 1.84 bits per heavy atom. The molecule has 2 heteroatoms. The molecule has 1 heterocycles. The van der Waals surface area contributed by atoms with Gasteiger partial charge in [0.15, 0.2) is 0 Å². The number of nitrogens with zero attached hydrogens (tertiary/aromatic N) is 1. The lowest BCUT2D eigenvalue weighted by molar-refractivity contribution is 0.0232. The van der Waals surface area contributed by atoms with E-state index < -0.39 is 0 Å². The first kappa shape index (κ1) is 14.5. The molecular weight excluding hydrogens is 232 g/mol. The van der Waals surface area contributed by atoms with Crippen molar-refractivity contribution in [1.82, 2.24) is 10.2 Å². The van der Waals surface area contributed by atoms with Gasteiger partial charge in [0, 0.05) is 18.6 Å². The summed E-state index contributed by atoms with van der Waals surface area (Å²) in [7, 11) is 0. The normalized spacial score (nSPS) is 27.4. The first-order valence-electron chi connectivity index (χ1n) is 7.53. The molecule has 1 fully saturated rings. The molecule has 0 aromatic heterocycles. The lowest BCUT2D eigenvalue weighted by atomic mass is 9.84. The largest absolute Gasteiger partial charge is 0.308 e. The van der Waals surface area contributed by atoms with Crippen LogP contribution >= 0.6 is 0 Å². The zero-order valence-electron chi connectivity index (χ0n) is 12.9. The van der Waals surface area contributed by atoms with Crippen LogP contribution in [0.3, 0.4) is 0 Å². The molecule has 1 aromatic carbocycles. The summed E-state index contributed by atoms with van der Waals surface area (Å²) in [4.78, 5) is 2.67. The van der Waals surface area contributed by atoms with Gasteiger partial charge in [0.05, 0.1) is 5.54 Å². The van der Waals surface area contributed by atoms with Crippen LogP contribution in [0.4, 0.5) is 0 Å². The Morgan fingerprint density at radius 1 is 1.16 bits per heavy atom. The molecule has 0 saturated carbocycles. The van der Waals surface area contributed by atoms with Crippen LogP contribution in [0.15, 0.2) is 30.3 Å². The molecule has 2 rings (SSSR count). The van der Waals surface area contributed by atoms with Gasteiger partial charge in [0.25, 0.3) is 0 Å². The molecule has 0 amide bonds. The highest BCUT2D eigenvalue weighted by Crippen LogP contribution is 2.33. The minimum absolute atomic E-state index is 0.117. The Kier molecular flexibility index (Phi) is 4.32. The predicted molar refractivity (Wildman–Crippen MR) is 82.4 cm³/mol. The van der Waals surface area contributed by atoms with Crippen molar-refractivity contribution < 1.29 is 0 Å². The van der Waals surface area contributed by atoms with E-state index in [1.807, 2.05) is 0 Å². The van der Waals surface area contributed by atoms with Gasteiger partial charge in [-0.3, -0.25) is 4.90 Å². The minimum Gasteiger partial charge on any atom is -0.308 e. The summed E-state index contributed by atoms with van der Waals surface area (Å²) in [6.45, 7) is 12.6. The van der Waals surface area contributed by atoms with E-state index in [9.17, 15) is 0 Å². The van der Waals surface area contributed by atoms with Crippen LogP contribution in [0.1, 0.15) is 46.1 Å². The van der Waals surface area contributed by atoms with E-state index in [-0.39, 0.29) is 11.1 Å². The third-order valence-corrected chi connectivity index (χ3v) is 4.37. The van der Waals surface area contributed by atoms with E-state index in [0.29, 0.717) is 0 Å².